The fraction of sp³-hybridized carbons (Fsp3) is 0. The Labute approximate surface area is 231 Å². The quantitative estimate of drug-likeness (QED) is 0.226. The summed E-state index contributed by atoms with van der Waals surface area (Å²) >= 11 is 0. The average Bonchev–Trinajstić information content (AvgIpc) is 3.55. The Morgan fingerprint density at radius 2 is 1.25 bits per heavy atom. The van der Waals surface area contributed by atoms with Crippen molar-refractivity contribution >= 4 is 61.8 Å². The van der Waals surface area contributed by atoms with Gasteiger partial charge in [-0.1, -0.05) is 104 Å². The monoisotopic (exact) mass is 510 g/mol. The van der Waals surface area contributed by atoms with E-state index < -0.39 is 0 Å². The van der Waals surface area contributed by atoms with Crippen LogP contribution in [0.1, 0.15) is 0 Å². The molecule has 3 heterocycles. The smallest absolute Gasteiger partial charge is 0.0548 e. The second-order valence-electron chi connectivity index (χ2n) is 10.4. The molecular weight excluding hydrogens is 484 g/mol. The molecule has 0 fully saturated rings. The molecule has 8 rings (SSSR count). The van der Waals surface area contributed by atoms with Crippen molar-refractivity contribution in [1.29, 1.82) is 0 Å². The number of para-hydroxylation sites is 2. The highest BCUT2D eigenvalue weighted by Gasteiger charge is 2.17. The maximum absolute atomic E-state index is 4.55. The summed E-state index contributed by atoms with van der Waals surface area (Å²) in [7, 11) is 0. The summed E-state index contributed by atoms with van der Waals surface area (Å²) < 4.78 is 4.77. The minimum absolute atomic E-state index is 1.01. The molecular formula is C38H26N2. The number of hydrogen-bond acceptors (Lipinski definition) is 0. The van der Waals surface area contributed by atoms with E-state index in [1.54, 1.807) is 0 Å². The molecule has 0 radical (unpaired) electrons. The van der Waals surface area contributed by atoms with Gasteiger partial charge in [-0.05, 0) is 64.0 Å². The zero-order valence-corrected chi connectivity index (χ0v) is 22.0. The largest absolute Gasteiger partial charge is 0.309 e. The molecule has 0 saturated carbocycles. The number of aromatic nitrogens is 2. The van der Waals surface area contributed by atoms with Gasteiger partial charge >= 0.3 is 0 Å². The Kier molecular flexibility index (Phi) is 4.86. The highest BCUT2D eigenvalue weighted by atomic mass is 15.0. The number of hydrogen-bond donors (Lipinski definition) is 0. The van der Waals surface area contributed by atoms with E-state index in [1.165, 1.54) is 49.4 Å². The summed E-state index contributed by atoms with van der Waals surface area (Å²) in [6, 6.07) is 43.7. The molecule has 0 bridgehead atoms. The van der Waals surface area contributed by atoms with Gasteiger partial charge in [0.25, 0.3) is 0 Å². The second-order valence-corrected chi connectivity index (χ2v) is 10.4. The van der Waals surface area contributed by atoms with Crippen molar-refractivity contribution in [1.82, 2.24) is 8.97 Å². The predicted molar refractivity (Wildman–Crippen MR) is 172 cm³/mol. The Hall–Kier alpha value is -5.34. The highest BCUT2D eigenvalue weighted by molar-refractivity contribution is 6.14. The first-order valence-corrected chi connectivity index (χ1v) is 13.6. The van der Waals surface area contributed by atoms with Gasteiger partial charge in [0.05, 0.1) is 27.6 Å². The normalized spacial score (nSPS) is 12.3. The molecule has 2 heteroatoms. The van der Waals surface area contributed by atoms with Crippen LogP contribution < -0.4 is 10.4 Å². The van der Waals surface area contributed by atoms with Crippen molar-refractivity contribution < 1.29 is 0 Å². The third kappa shape index (κ3) is 3.17. The van der Waals surface area contributed by atoms with Crippen LogP contribution in [0.4, 0.5) is 0 Å². The molecule has 2 nitrogen and oxygen atoms in total. The molecule has 0 atom stereocenters. The number of allylic oxidation sites excluding steroid dienone is 1. The molecule has 0 N–H and O–H groups in total. The van der Waals surface area contributed by atoms with Gasteiger partial charge in [-0.3, -0.25) is 0 Å². The minimum atomic E-state index is 1.01. The lowest BCUT2D eigenvalue weighted by Gasteiger charge is -2.12. The van der Waals surface area contributed by atoms with Crippen molar-refractivity contribution in [3.63, 3.8) is 0 Å². The summed E-state index contributed by atoms with van der Waals surface area (Å²) in [6.07, 6.45) is 3.96. The number of pyridine rings is 1. The van der Waals surface area contributed by atoms with Crippen LogP contribution in [0.25, 0.3) is 78.6 Å². The maximum atomic E-state index is 4.55. The van der Waals surface area contributed by atoms with Crippen molar-refractivity contribution in [2.24, 2.45) is 0 Å². The summed E-state index contributed by atoms with van der Waals surface area (Å²) in [6.45, 7) is 8.59. The van der Waals surface area contributed by atoms with Crippen molar-refractivity contribution in [3.8, 4) is 16.8 Å². The number of benzene rings is 5. The standard InChI is InChI=1S/C38H26N2/c1-3-12-30-25(2)36-22-28-15-7-9-19-34(28)40(36)38-24-33-31-18-8-10-20-35(31)39(37(33)23-32(30)38)29-17-11-16-27(21-29)26-13-5-4-6-14-26/h3-24H,1-2H2/b30-12+. The Morgan fingerprint density at radius 1 is 0.525 bits per heavy atom. The average molecular weight is 511 g/mol. The van der Waals surface area contributed by atoms with E-state index in [0.717, 1.165) is 27.0 Å². The van der Waals surface area contributed by atoms with Crippen molar-refractivity contribution in [2.45, 2.75) is 0 Å². The fourth-order valence-corrected chi connectivity index (χ4v) is 6.38. The molecule has 0 spiro atoms. The van der Waals surface area contributed by atoms with Crippen LogP contribution in [0.15, 0.2) is 134 Å². The second kappa shape index (κ2) is 8.59. The van der Waals surface area contributed by atoms with Crippen LogP contribution in [-0.4, -0.2) is 8.97 Å². The fourth-order valence-electron chi connectivity index (χ4n) is 6.38. The van der Waals surface area contributed by atoms with Gasteiger partial charge in [0, 0.05) is 27.2 Å². The summed E-state index contributed by atoms with van der Waals surface area (Å²) in [4.78, 5) is 0. The summed E-state index contributed by atoms with van der Waals surface area (Å²) in [5.74, 6) is 0. The van der Waals surface area contributed by atoms with E-state index in [9.17, 15) is 0 Å². The van der Waals surface area contributed by atoms with Gasteiger partial charge in [0.2, 0.25) is 0 Å². The Morgan fingerprint density at radius 3 is 2.10 bits per heavy atom. The van der Waals surface area contributed by atoms with E-state index in [4.69, 9.17) is 0 Å². The third-order valence-corrected chi connectivity index (χ3v) is 8.16. The van der Waals surface area contributed by atoms with Crippen molar-refractivity contribution in [3.05, 3.63) is 144 Å². The molecule has 0 aliphatic carbocycles. The van der Waals surface area contributed by atoms with Crippen LogP contribution >= 0.6 is 0 Å². The van der Waals surface area contributed by atoms with Crippen LogP contribution in [0, 0.1) is 0 Å². The van der Waals surface area contributed by atoms with Gasteiger partial charge in [-0.2, -0.15) is 0 Å². The molecule has 0 aliphatic heterocycles. The van der Waals surface area contributed by atoms with Gasteiger partial charge < -0.3 is 8.97 Å². The number of rotatable bonds is 3. The first-order chi connectivity index (χ1) is 19.7. The van der Waals surface area contributed by atoms with Crippen LogP contribution in [-0.2, 0) is 0 Å². The zero-order valence-electron chi connectivity index (χ0n) is 22.0. The van der Waals surface area contributed by atoms with E-state index in [0.29, 0.717) is 0 Å². The lowest BCUT2D eigenvalue weighted by Crippen LogP contribution is -2.26. The zero-order chi connectivity index (χ0) is 26.8. The molecule has 5 aromatic carbocycles. The van der Waals surface area contributed by atoms with E-state index >= 15 is 0 Å². The molecule has 0 amide bonds. The minimum Gasteiger partial charge on any atom is -0.309 e. The number of fused-ring (bicyclic) bond motifs is 8. The molecule has 40 heavy (non-hydrogen) atoms. The van der Waals surface area contributed by atoms with E-state index in [-0.39, 0.29) is 0 Å². The van der Waals surface area contributed by atoms with Crippen LogP contribution in [0.5, 0.6) is 0 Å². The summed E-state index contributed by atoms with van der Waals surface area (Å²) in [5, 5.41) is 6.96. The van der Waals surface area contributed by atoms with Gasteiger partial charge in [-0.15, -0.1) is 0 Å². The Bertz CT molecular complexity index is 2400. The molecule has 3 aromatic heterocycles. The number of nitrogens with zero attached hydrogens (tertiary/aromatic N) is 2. The lowest BCUT2D eigenvalue weighted by molar-refractivity contribution is 1.18. The van der Waals surface area contributed by atoms with E-state index in [1.807, 2.05) is 6.08 Å². The molecule has 188 valence electrons. The van der Waals surface area contributed by atoms with Gasteiger partial charge in [0.15, 0.2) is 0 Å². The van der Waals surface area contributed by atoms with Gasteiger partial charge in [-0.25, -0.2) is 0 Å². The molecule has 0 unspecified atom stereocenters. The first-order valence-electron chi connectivity index (χ1n) is 13.6. The third-order valence-electron chi connectivity index (χ3n) is 8.16. The van der Waals surface area contributed by atoms with Gasteiger partial charge in [0.1, 0.15) is 0 Å². The van der Waals surface area contributed by atoms with Crippen LogP contribution in [0.2, 0.25) is 0 Å². The van der Waals surface area contributed by atoms with Crippen LogP contribution in [0.3, 0.4) is 0 Å². The molecule has 0 aliphatic rings. The maximum Gasteiger partial charge on any atom is 0.0548 e. The summed E-state index contributed by atoms with van der Waals surface area (Å²) in [5.41, 5.74) is 9.40. The lowest BCUT2D eigenvalue weighted by atomic mass is 10.0. The highest BCUT2D eigenvalue weighted by Crippen LogP contribution is 2.36. The van der Waals surface area contributed by atoms with Crippen molar-refractivity contribution in [2.75, 3.05) is 0 Å². The van der Waals surface area contributed by atoms with E-state index in [2.05, 4.69) is 150 Å². The molecule has 0 saturated heterocycles. The first kappa shape index (κ1) is 22.6. The predicted octanol–water partition coefficient (Wildman–Crippen LogP) is 8.39. The topological polar surface area (TPSA) is 9.34 Å². The molecule has 8 aromatic rings. The SMILES string of the molecule is C=C/C=c1\c(=C)c2cc3ccccc3n2c2cc3c4ccccc4n(-c4cccc(-c5ccccc5)c4)c3cc12. The Balaban J connectivity index is 1.56.